The molecule has 0 radical (unpaired) electrons. The number of primary amides is 1. The Kier molecular flexibility index (Phi) is 4.34. The zero-order chi connectivity index (χ0) is 15.4. The normalized spacial score (nSPS) is 10.0. The molecule has 21 heavy (non-hydrogen) atoms. The average molecular weight is 307 g/mol. The van der Waals surface area contributed by atoms with Gasteiger partial charge in [-0.3, -0.25) is 9.59 Å². The lowest BCUT2D eigenvalue weighted by molar-refractivity contribution is 0.0995. The molecule has 3 N–H and O–H groups in total. The Morgan fingerprint density at radius 2 is 2.05 bits per heavy atom. The lowest BCUT2D eigenvalue weighted by Gasteiger charge is -2.07. The van der Waals surface area contributed by atoms with E-state index in [9.17, 15) is 9.59 Å². The van der Waals surface area contributed by atoms with E-state index in [2.05, 4.69) is 15.5 Å². The standard InChI is InChI=1S/C13H11ClN4O3/c1-21-10-5-11(18-16-6-10)13(20)17-9-3-7(12(15)19)2-8(14)4-9/h2-6H,1H3,(H2,15,19)(H,17,20). The van der Waals surface area contributed by atoms with E-state index >= 15 is 0 Å². The van der Waals surface area contributed by atoms with Crippen molar-refractivity contribution in [2.75, 3.05) is 12.4 Å². The number of nitrogens with one attached hydrogen (secondary N) is 1. The molecule has 0 atom stereocenters. The third-order valence-corrected chi connectivity index (χ3v) is 2.76. The third kappa shape index (κ3) is 3.67. The highest BCUT2D eigenvalue weighted by molar-refractivity contribution is 6.31. The Hall–Kier alpha value is -2.67. The molecule has 0 unspecified atom stereocenters. The molecule has 2 amide bonds. The van der Waals surface area contributed by atoms with Gasteiger partial charge in [0.1, 0.15) is 5.75 Å². The number of hydrogen-bond acceptors (Lipinski definition) is 5. The molecule has 0 fully saturated rings. The Bertz CT molecular complexity index is 706. The number of carbonyl (C=O) groups is 2. The van der Waals surface area contributed by atoms with Crippen LogP contribution in [0.25, 0.3) is 0 Å². The molecule has 1 aromatic carbocycles. The fraction of sp³-hybridized carbons (Fsp3) is 0.0769. The number of anilines is 1. The van der Waals surface area contributed by atoms with Crippen molar-refractivity contribution in [2.45, 2.75) is 0 Å². The van der Waals surface area contributed by atoms with Crippen molar-refractivity contribution in [3.05, 3.63) is 46.7 Å². The second kappa shape index (κ2) is 6.19. The first-order chi connectivity index (χ1) is 9.99. The first kappa shape index (κ1) is 14.7. The molecule has 1 heterocycles. The number of aromatic nitrogens is 2. The minimum atomic E-state index is -0.644. The van der Waals surface area contributed by atoms with E-state index in [0.29, 0.717) is 11.4 Å². The SMILES string of the molecule is COc1cnnc(C(=O)Nc2cc(Cl)cc(C(N)=O)c2)c1. The minimum absolute atomic E-state index is 0.0648. The van der Waals surface area contributed by atoms with Crippen molar-refractivity contribution >= 4 is 29.1 Å². The summed E-state index contributed by atoms with van der Waals surface area (Å²) in [6.45, 7) is 0. The minimum Gasteiger partial charge on any atom is -0.495 e. The maximum absolute atomic E-state index is 12.0. The summed E-state index contributed by atoms with van der Waals surface area (Å²) in [5.41, 5.74) is 5.76. The van der Waals surface area contributed by atoms with E-state index in [1.54, 1.807) is 0 Å². The number of benzene rings is 1. The van der Waals surface area contributed by atoms with E-state index in [4.69, 9.17) is 22.1 Å². The highest BCUT2D eigenvalue weighted by Gasteiger charge is 2.12. The van der Waals surface area contributed by atoms with Gasteiger partial charge in [0.25, 0.3) is 5.91 Å². The zero-order valence-corrected chi connectivity index (χ0v) is 11.7. The average Bonchev–Trinajstić information content (AvgIpc) is 2.46. The predicted octanol–water partition coefficient (Wildman–Crippen LogP) is 1.49. The van der Waals surface area contributed by atoms with Gasteiger partial charge in [-0.25, -0.2) is 0 Å². The van der Waals surface area contributed by atoms with Gasteiger partial charge >= 0.3 is 0 Å². The van der Waals surface area contributed by atoms with Crippen LogP contribution in [-0.4, -0.2) is 29.1 Å². The first-order valence-electron chi connectivity index (χ1n) is 5.78. The molecule has 0 spiro atoms. The zero-order valence-electron chi connectivity index (χ0n) is 11.0. The lowest BCUT2D eigenvalue weighted by atomic mass is 10.2. The van der Waals surface area contributed by atoms with Gasteiger partial charge in [-0.2, -0.15) is 5.10 Å². The molecule has 0 aliphatic rings. The van der Waals surface area contributed by atoms with Gasteiger partial charge in [-0.05, 0) is 18.2 Å². The van der Waals surface area contributed by atoms with Crippen LogP contribution in [0, 0.1) is 0 Å². The van der Waals surface area contributed by atoms with Gasteiger partial charge in [0, 0.05) is 22.3 Å². The number of methoxy groups -OCH3 is 1. The van der Waals surface area contributed by atoms with E-state index in [-0.39, 0.29) is 16.3 Å². The summed E-state index contributed by atoms with van der Waals surface area (Å²) >= 11 is 5.86. The Balaban J connectivity index is 2.24. The van der Waals surface area contributed by atoms with E-state index in [0.717, 1.165) is 0 Å². The topological polar surface area (TPSA) is 107 Å². The van der Waals surface area contributed by atoms with Gasteiger partial charge in [0.15, 0.2) is 5.69 Å². The van der Waals surface area contributed by atoms with Crippen LogP contribution >= 0.6 is 11.6 Å². The number of rotatable bonds is 4. The van der Waals surface area contributed by atoms with Crippen molar-refractivity contribution in [1.82, 2.24) is 10.2 Å². The molecule has 108 valence electrons. The van der Waals surface area contributed by atoms with Crippen LogP contribution < -0.4 is 15.8 Å². The molecule has 0 bridgehead atoms. The number of nitrogens with zero attached hydrogens (tertiary/aromatic N) is 2. The molecule has 7 nitrogen and oxygen atoms in total. The maximum Gasteiger partial charge on any atom is 0.276 e. The quantitative estimate of drug-likeness (QED) is 0.890. The van der Waals surface area contributed by atoms with Crippen molar-refractivity contribution in [3.8, 4) is 5.75 Å². The molecule has 2 aromatic rings. The summed E-state index contributed by atoms with van der Waals surface area (Å²) in [5.74, 6) is -0.757. The molecule has 0 saturated carbocycles. The number of ether oxygens (including phenoxy) is 1. The van der Waals surface area contributed by atoms with Crippen LogP contribution in [0.1, 0.15) is 20.8 Å². The summed E-state index contributed by atoms with van der Waals surface area (Å²) in [4.78, 5) is 23.2. The van der Waals surface area contributed by atoms with Crippen molar-refractivity contribution < 1.29 is 14.3 Å². The summed E-state index contributed by atoms with van der Waals surface area (Å²) in [6.07, 6.45) is 1.38. The van der Waals surface area contributed by atoms with Crippen molar-refractivity contribution in [1.29, 1.82) is 0 Å². The summed E-state index contributed by atoms with van der Waals surface area (Å²) in [5, 5.41) is 10.2. The van der Waals surface area contributed by atoms with Crippen molar-refractivity contribution in [3.63, 3.8) is 0 Å². The summed E-state index contributed by atoms with van der Waals surface area (Å²) in [6, 6.07) is 5.74. The molecule has 1 aromatic heterocycles. The fourth-order valence-electron chi connectivity index (χ4n) is 1.57. The highest BCUT2D eigenvalue weighted by atomic mass is 35.5. The predicted molar refractivity (Wildman–Crippen MR) is 76.5 cm³/mol. The van der Waals surface area contributed by atoms with Crippen molar-refractivity contribution in [2.24, 2.45) is 5.73 Å². The summed E-state index contributed by atoms with van der Waals surface area (Å²) < 4.78 is 4.96. The van der Waals surface area contributed by atoms with Gasteiger partial charge in [-0.1, -0.05) is 11.6 Å². The number of carbonyl (C=O) groups excluding carboxylic acids is 2. The Morgan fingerprint density at radius 3 is 2.71 bits per heavy atom. The number of hydrogen-bond donors (Lipinski definition) is 2. The van der Waals surface area contributed by atoms with Gasteiger partial charge in [-0.15, -0.1) is 5.10 Å². The second-order valence-electron chi connectivity index (χ2n) is 4.03. The monoisotopic (exact) mass is 306 g/mol. The molecule has 0 aliphatic heterocycles. The number of nitrogens with two attached hydrogens (primary N) is 1. The van der Waals surface area contributed by atoms with Gasteiger partial charge in [0.2, 0.25) is 5.91 Å². The van der Waals surface area contributed by atoms with Gasteiger partial charge in [0.05, 0.1) is 13.3 Å². The summed E-state index contributed by atoms with van der Waals surface area (Å²) in [7, 11) is 1.45. The third-order valence-electron chi connectivity index (χ3n) is 2.54. The number of amides is 2. The lowest BCUT2D eigenvalue weighted by Crippen LogP contribution is -2.16. The Labute approximate surface area is 125 Å². The van der Waals surface area contributed by atoms with Gasteiger partial charge < -0.3 is 15.8 Å². The van der Waals surface area contributed by atoms with E-state index in [1.807, 2.05) is 0 Å². The smallest absolute Gasteiger partial charge is 0.276 e. The van der Waals surface area contributed by atoms with Crippen LogP contribution in [0.3, 0.4) is 0 Å². The molecule has 0 aliphatic carbocycles. The van der Waals surface area contributed by atoms with E-state index in [1.165, 1.54) is 37.6 Å². The van der Waals surface area contributed by atoms with Crippen LogP contribution in [-0.2, 0) is 0 Å². The van der Waals surface area contributed by atoms with Crippen LogP contribution in [0.4, 0.5) is 5.69 Å². The van der Waals surface area contributed by atoms with E-state index < -0.39 is 11.8 Å². The molecular formula is C13H11ClN4O3. The number of halogens is 1. The molecule has 2 rings (SSSR count). The van der Waals surface area contributed by atoms with Crippen LogP contribution in [0.2, 0.25) is 5.02 Å². The first-order valence-corrected chi connectivity index (χ1v) is 6.16. The largest absolute Gasteiger partial charge is 0.495 e. The maximum atomic E-state index is 12.0. The fourth-order valence-corrected chi connectivity index (χ4v) is 1.81. The second-order valence-corrected chi connectivity index (χ2v) is 4.46. The Morgan fingerprint density at radius 1 is 1.29 bits per heavy atom. The molecule has 0 saturated heterocycles. The highest BCUT2D eigenvalue weighted by Crippen LogP contribution is 2.19. The van der Waals surface area contributed by atoms with Crippen LogP contribution in [0.15, 0.2) is 30.5 Å². The molecular weight excluding hydrogens is 296 g/mol. The molecule has 8 heteroatoms. The van der Waals surface area contributed by atoms with Crippen LogP contribution in [0.5, 0.6) is 5.75 Å².